The average Bonchev–Trinajstić information content (AvgIpc) is 2.99. The van der Waals surface area contributed by atoms with Crippen LogP contribution in [-0.2, 0) is 16.2 Å². The molecule has 0 heterocycles. The first-order valence-corrected chi connectivity index (χ1v) is 27.1. The first kappa shape index (κ1) is 40.5. The Bertz CT molecular complexity index is 1700. The molecule has 4 nitrogen and oxygen atoms in total. The van der Waals surface area contributed by atoms with Crippen molar-refractivity contribution in [1.29, 1.82) is 0 Å². The highest BCUT2D eigenvalue weighted by molar-refractivity contribution is 6.50. The van der Waals surface area contributed by atoms with E-state index in [-0.39, 0.29) is 33.8 Å². The summed E-state index contributed by atoms with van der Waals surface area (Å²) in [6, 6.07) is 28.4. The van der Waals surface area contributed by atoms with Crippen molar-refractivity contribution in [3.05, 3.63) is 118 Å². The van der Waals surface area contributed by atoms with Gasteiger partial charge in [0.2, 0.25) is 27.1 Å². The largest absolute Gasteiger partial charge is 0.547 e. The number of benzene rings is 4. The molecule has 1 unspecified atom stereocenters. The quantitative estimate of drug-likeness (QED) is 0.156. The lowest BCUT2D eigenvalue weighted by Crippen LogP contribution is -2.23. The van der Waals surface area contributed by atoms with E-state index >= 15 is 0 Å². The molecule has 7 heteroatoms. The van der Waals surface area contributed by atoms with E-state index in [2.05, 4.69) is 168 Å². The van der Waals surface area contributed by atoms with Crippen LogP contribution >= 0.6 is 0 Å². The van der Waals surface area contributed by atoms with E-state index < -0.39 is 27.1 Å². The lowest BCUT2D eigenvalue weighted by molar-refractivity contribution is 0.474. The Hall–Kier alpha value is -3.27. The van der Waals surface area contributed by atoms with Gasteiger partial charge in [-0.05, 0) is 108 Å². The average molecular weight is 741 g/mol. The second-order valence-electron chi connectivity index (χ2n) is 18.1. The maximum atomic E-state index is 10.5. The number of phenols is 1. The Balaban J connectivity index is 2.22. The van der Waals surface area contributed by atoms with Crippen molar-refractivity contribution in [2.45, 2.75) is 130 Å². The highest BCUT2D eigenvalue weighted by Gasteiger charge is 2.36. The second kappa shape index (κ2) is 15.8. The van der Waals surface area contributed by atoms with Crippen molar-refractivity contribution in [3.8, 4) is 23.0 Å². The summed E-state index contributed by atoms with van der Waals surface area (Å²) in [7, 11) is -4.55. The van der Waals surface area contributed by atoms with E-state index in [1.54, 1.807) is 0 Å². The molecule has 0 saturated heterocycles. The van der Waals surface area contributed by atoms with Crippen molar-refractivity contribution < 1.29 is 18.4 Å². The van der Waals surface area contributed by atoms with Crippen LogP contribution in [0.2, 0.25) is 39.3 Å². The zero-order chi connectivity index (χ0) is 38.1. The van der Waals surface area contributed by atoms with Gasteiger partial charge in [0.25, 0.3) is 0 Å². The molecule has 4 rings (SSSR count). The van der Waals surface area contributed by atoms with Crippen LogP contribution in [0, 0.1) is 0 Å². The van der Waals surface area contributed by atoms with Crippen molar-refractivity contribution in [2.24, 2.45) is 0 Å². The van der Waals surface area contributed by atoms with Gasteiger partial charge in [0.05, 0.1) is 0 Å². The molecule has 276 valence electrons. The second-order valence-corrected chi connectivity index (χ2v) is 25.1. The molecule has 0 radical (unpaired) electrons. The molecule has 0 amide bonds. The molecule has 51 heavy (non-hydrogen) atoms. The Labute approximate surface area is 314 Å². The Morgan fingerprint density at radius 3 is 1.00 bits per heavy atom. The summed E-state index contributed by atoms with van der Waals surface area (Å²) in [6.07, 6.45) is 0. The maximum Gasteiger partial charge on any atom is 0.229 e. The molecule has 0 aromatic heterocycles. The SMILES string of the molecule is C[SiH](C)Oc1cc(C(C)(C)C)ccc1C(c1ccc(O)cc1)C(c1ccc(C(C)(C)C)cc1O[SiH](C)C)c1ccc(C(C)(C)C)cc1O[SiH](C)C. The summed E-state index contributed by atoms with van der Waals surface area (Å²) >= 11 is 0. The number of phenolic OH excluding ortho intramolecular Hbond substituents is 1. The highest BCUT2D eigenvalue weighted by Crippen LogP contribution is 2.52. The minimum atomic E-state index is -1.52. The van der Waals surface area contributed by atoms with Crippen LogP contribution in [0.5, 0.6) is 23.0 Å². The molecule has 1 atom stereocenters. The van der Waals surface area contributed by atoms with Gasteiger partial charge in [-0.1, -0.05) is 111 Å². The van der Waals surface area contributed by atoms with Crippen LogP contribution < -0.4 is 13.3 Å². The first-order valence-electron chi connectivity index (χ1n) is 18.8. The molecule has 0 spiro atoms. The van der Waals surface area contributed by atoms with Crippen molar-refractivity contribution in [3.63, 3.8) is 0 Å². The lowest BCUT2D eigenvalue weighted by atomic mass is 9.71. The molecule has 0 fully saturated rings. The number of rotatable bonds is 11. The molecular weight excluding hydrogens is 677 g/mol. The van der Waals surface area contributed by atoms with Gasteiger partial charge in [-0.15, -0.1) is 0 Å². The number of aromatic hydroxyl groups is 1. The van der Waals surface area contributed by atoms with E-state index in [0.717, 1.165) is 39.5 Å². The van der Waals surface area contributed by atoms with Gasteiger partial charge in [-0.25, -0.2) is 0 Å². The van der Waals surface area contributed by atoms with Crippen molar-refractivity contribution >= 4 is 27.1 Å². The minimum absolute atomic E-state index is 0.0417. The molecule has 0 aliphatic heterocycles. The Kier molecular flexibility index (Phi) is 12.5. The fraction of sp³-hybridized carbons (Fsp3) is 0.455. The smallest absolute Gasteiger partial charge is 0.229 e. The van der Waals surface area contributed by atoms with Crippen molar-refractivity contribution in [1.82, 2.24) is 0 Å². The fourth-order valence-electron chi connectivity index (χ4n) is 6.60. The summed E-state index contributed by atoms with van der Waals surface area (Å²) in [6.45, 7) is 33.7. The molecule has 0 bridgehead atoms. The van der Waals surface area contributed by atoms with Gasteiger partial charge >= 0.3 is 0 Å². The number of hydrogen-bond acceptors (Lipinski definition) is 4. The molecule has 0 aliphatic rings. The zero-order valence-electron chi connectivity index (χ0n) is 34.1. The summed E-state index contributed by atoms with van der Waals surface area (Å²) < 4.78 is 20.7. The summed E-state index contributed by atoms with van der Waals surface area (Å²) in [4.78, 5) is 0. The van der Waals surface area contributed by atoms with Crippen LogP contribution in [-0.4, -0.2) is 32.2 Å². The maximum absolute atomic E-state index is 10.5. The fourth-order valence-corrected chi connectivity index (χ4v) is 8.74. The first-order chi connectivity index (χ1) is 23.6. The van der Waals surface area contributed by atoms with Crippen LogP contribution in [0.4, 0.5) is 0 Å². The van der Waals surface area contributed by atoms with Gasteiger partial charge in [-0.2, -0.15) is 0 Å². The predicted octanol–water partition coefficient (Wildman–Crippen LogP) is 11.3. The highest BCUT2D eigenvalue weighted by atomic mass is 28.3. The Morgan fingerprint density at radius 2 is 0.725 bits per heavy atom. The molecular formula is C44H64O4Si3. The molecule has 4 aromatic rings. The molecule has 0 saturated carbocycles. The van der Waals surface area contributed by atoms with E-state index in [4.69, 9.17) is 13.3 Å². The van der Waals surface area contributed by atoms with Crippen molar-refractivity contribution in [2.75, 3.05) is 0 Å². The van der Waals surface area contributed by atoms with Crippen LogP contribution in [0.15, 0.2) is 78.9 Å². The van der Waals surface area contributed by atoms with Crippen LogP contribution in [0.25, 0.3) is 0 Å². The zero-order valence-corrected chi connectivity index (χ0v) is 37.5. The van der Waals surface area contributed by atoms with Gasteiger partial charge < -0.3 is 18.4 Å². The normalized spacial score (nSPS) is 13.3. The minimum Gasteiger partial charge on any atom is -0.547 e. The monoisotopic (exact) mass is 740 g/mol. The predicted molar refractivity (Wildman–Crippen MR) is 226 cm³/mol. The summed E-state index contributed by atoms with van der Waals surface area (Å²) in [5.41, 5.74) is 8.09. The lowest BCUT2D eigenvalue weighted by Gasteiger charge is -2.35. The summed E-state index contributed by atoms with van der Waals surface area (Å²) in [5, 5.41) is 10.5. The van der Waals surface area contributed by atoms with Gasteiger partial charge in [0, 0.05) is 28.5 Å². The number of hydrogen-bond donors (Lipinski definition) is 1. The Morgan fingerprint density at radius 1 is 0.431 bits per heavy atom. The standard InChI is InChI=1S/C44H64O4Si3/c1-42(2,3)30-18-23-34(37(26-30)46-49(10)11)40(29-16-21-33(45)22-17-29)41(35-24-19-31(43(4,5)6)27-38(35)47-50(12)13)36-25-20-32(44(7,8)9)28-39(36)48-51(14)15/h16-28,40-41,45,49-51H,1-15H3. The van der Waals surface area contributed by atoms with Crippen LogP contribution in [0.3, 0.4) is 0 Å². The summed E-state index contributed by atoms with van der Waals surface area (Å²) in [5.74, 6) is 2.69. The third kappa shape index (κ3) is 10.2. The van der Waals surface area contributed by atoms with Gasteiger partial charge in [0.1, 0.15) is 23.0 Å². The molecule has 0 aliphatic carbocycles. The third-order valence-corrected chi connectivity index (χ3v) is 11.5. The van der Waals surface area contributed by atoms with Gasteiger partial charge in [0.15, 0.2) is 0 Å². The topological polar surface area (TPSA) is 47.9 Å². The van der Waals surface area contributed by atoms with E-state index in [1.807, 2.05) is 12.1 Å². The van der Waals surface area contributed by atoms with E-state index in [9.17, 15) is 5.11 Å². The molecule has 1 N–H and O–H groups in total. The van der Waals surface area contributed by atoms with Crippen LogP contribution in [0.1, 0.15) is 113 Å². The van der Waals surface area contributed by atoms with E-state index in [1.165, 1.54) is 16.7 Å². The molecule has 4 aromatic carbocycles. The third-order valence-electron chi connectivity index (χ3n) is 9.32. The van der Waals surface area contributed by atoms with Gasteiger partial charge in [-0.3, -0.25) is 0 Å². The van der Waals surface area contributed by atoms with E-state index in [0.29, 0.717) is 0 Å².